The number of nitrogen functional groups attached to an aromatic ring is 1. The second-order valence-electron chi connectivity index (χ2n) is 5.82. The van der Waals surface area contributed by atoms with E-state index in [0.29, 0.717) is 11.2 Å². The maximum Gasteiger partial charge on any atom is 0.294 e. The molecule has 0 amide bonds. The number of pyridine rings is 1. The molecule has 4 N–H and O–H groups in total. The fraction of sp³-hybridized carbons (Fsp3) is 0.0500. The van der Waals surface area contributed by atoms with Crippen molar-refractivity contribution in [1.29, 1.82) is 5.26 Å². The number of nitriles is 1. The lowest BCUT2D eigenvalue weighted by molar-refractivity contribution is -0.329. The maximum absolute atomic E-state index is 9.71. The molecule has 0 bridgehead atoms. The third-order valence-electron chi connectivity index (χ3n) is 4.34. The van der Waals surface area contributed by atoms with Gasteiger partial charge in [0.05, 0.1) is 18.2 Å². The van der Waals surface area contributed by atoms with E-state index >= 15 is 0 Å². The molecule has 0 fully saturated rings. The molecule has 0 radical (unpaired) electrons. The number of ether oxygens (including phenoxy) is 1. The van der Waals surface area contributed by atoms with Crippen LogP contribution in [-0.4, -0.2) is 17.3 Å². The van der Waals surface area contributed by atoms with Crippen molar-refractivity contribution in [2.24, 2.45) is 0 Å². The van der Waals surface area contributed by atoms with Gasteiger partial charge in [-0.2, -0.15) is 5.26 Å². The number of rotatable bonds is 3. The van der Waals surface area contributed by atoms with Gasteiger partial charge in [0.25, 0.3) is 5.65 Å². The summed E-state index contributed by atoms with van der Waals surface area (Å²) in [6.45, 7) is 0. The quantitative estimate of drug-likeness (QED) is 0.597. The summed E-state index contributed by atoms with van der Waals surface area (Å²) in [5.41, 5.74) is 10.5. The van der Waals surface area contributed by atoms with Gasteiger partial charge in [-0.15, -0.1) is 0 Å². The highest BCUT2D eigenvalue weighted by molar-refractivity contribution is 6.04. The summed E-state index contributed by atoms with van der Waals surface area (Å²) < 4.78 is 5.24. The van der Waals surface area contributed by atoms with Crippen LogP contribution >= 0.6 is 0 Å². The average molecular weight is 342 g/mol. The molecule has 0 atom stereocenters. The molecule has 6 nitrogen and oxygen atoms in total. The van der Waals surface area contributed by atoms with Gasteiger partial charge in [-0.25, -0.2) is 10.1 Å². The monoisotopic (exact) mass is 342 g/mol. The first-order valence-electron chi connectivity index (χ1n) is 8.05. The molecule has 0 saturated carbocycles. The highest BCUT2D eigenvalue weighted by Gasteiger charge is 2.24. The molecule has 0 unspecified atom stereocenters. The van der Waals surface area contributed by atoms with E-state index in [4.69, 9.17) is 10.5 Å². The molecule has 2 heterocycles. The second kappa shape index (κ2) is 6.22. The van der Waals surface area contributed by atoms with Crippen molar-refractivity contribution in [3.8, 4) is 34.2 Å². The maximum atomic E-state index is 9.71. The SMILES string of the molecule is COc1ccc(-c2c(C#N)c(N)[nH+]c3n[nH]c(-c4ccccc4)c23)cc1. The number of hydrogen-bond donors (Lipinski definition) is 2. The third kappa shape index (κ3) is 2.43. The van der Waals surface area contributed by atoms with Crippen LogP contribution in [-0.2, 0) is 0 Å². The zero-order valence-electron chi connectivity index (χ0n) is 14.1. The van der Waals surface area contributed by atoms with E-state index in [9.17, 15) is 5.26 Å². The fourth-order valence-corrected chi connectivity index (χ4v) is 3.10. The van der Waals surface area contributed by atoms with Crippen LogP contribution in [0, 0.1) is 11.3 Å². The van der Waals surface area contributed by atoms with Crippen LogP contribution in [0.1, 0.15) is 5.56 Å². The van der Waals surface area contributed by atoms with Gasteiger partial charge in [0, 0.05) is 11.1 Å². The molecule has 0 aliphatic carbocycles. The number of benzene rings is 2. The minimum absolute atomic E-state index is 0.289. The number of fused-ring (bicyclic) bond motifs is 1. The van der Waals surface area contributed by atoms with Gasteiger partial charge in [0.15, 0.2) is 0 Å². The lowest BCUT2D eigenvalue weighted by atomic mass is 9.95. The summed E-state index contributed by atoms with van der Waals surface area (Å²) in [4.78, 5) is 3.02. The van der Waals surface area contributed by atoms with E-state index in [1.807, 2.05) is 54.6 Å². The Labute approximate surface area is 149 Å². The molecule has 4 rings (SSSR count). The Morgan fingerprint density at radius 1 is 1.08 bits per heavy atom. The molecular weight excluding hydrogens is 326 g/mol. The lowest BCUT2D eigenvalue weighted by Gasteiger charge is -2.08. The Hall–Kier alpha value is -3.85. The predicted octanol–water partition coefficient (Wildman–Crippen LogP) is 3.17. The average Bonchev–Trinajstić information content (AvgIpc) is 3.11. The molecule has 2 aromatic heterocycles. The summed E-state index contributed by atoms with van der Waals surface area (Å²) >= 11 is 0. The number of hydrogen-bond acceptors (Lipinski definition) is 4. The van der Waals surface area contributed by atoms with Crippen molar-refractivity contribution < 1.29 is 9.72 Å². The first kappa shape index (κ1) is 15.7. The van der Waals surface area contributed by atoms with Crippen LogP contribution < -0.4 is 15.5 Å². The summed E-state index contributed by atoms with van der Waals surface area (Å²) in [6.07, 6.45) is 0. The van der Waals surface area contributed by atoms with Crippen LogP contribution in [0.15, 0.2) is 54.6 Å². The number of nitrogens with two attached hydrogens (primary N) is 1. The minimum atomic E-state index is 0.289. The van der Waals surface area contributed by atoms with E-state index in [2.05, 4.69) is 21.3 Å². The van der Waals surface area contributed by atoms with Gasteiger partial charge in [0.2, 0.25) is 5.82 Å². The molecule has 4 aromatic rings. The molecule has 0 aliphatic heterocycles. The van der Waals surface area contributed by atoms with Gasteiger partial charge < -0.3 is 10.5 Å². The number of aromatic amines is 2. The predicted molar refractivity (Wildman–Crippen MR) is 99.2 cm³/mol. The molecule has 2 aromatic carbocycles. The Bertz CT molecular complexity index is 1130. The van der Waals surface area contributed by atoms with Crippen molar-refractivity contribution in [3.05, 3.63) is 60.2 Å². The van der Waals surface area contributed by atoms with Gasteiger partial charge >= 0.3 is 0 Å². The van der Waals surface area contributed by atoms with Crippen molar-refractivity contribution in [3.63, 3.8) is 0 Å². The molecule has 6 heteroatoms. The van der Waals surface area contributed by atoms with E-state index in [-0.39, 0.29) is 5.82 Å². The number of aromatic nitrogens is 3. The fourth-order valence-electron chi connectivity index (χ4n) is 3.10. The Morgan fingerprint density at radius 3 is 2.46 bits per heavy atom. The first-order valence-corrected chi connectivity index (χ1v) is 8.05. The smallest absolute Gasteiger partial charge is 0.294 e. The van der Waals surface area contributed by atoms with Crippen LogP contribution in [0.4, 0.5) is 5.82 Å². The highest BCUT2D eigenvalue weighted by Crippen LogP contribution is 2.37. The molecular formula is C20H16N5O+. The van der Waals surface area contributed by atoms with Gasteiger partial charge in [-0.05, 0) is 22.8 Å². The third-order valence-corrected chi connectivity index (χ3v) is 4.34. The van der Waals surface area contributed by atoms with E-state index in [0.717, 1.165) is 33.5 Å². The molecule has 26 heavy (non-hydrogen) atoms. The Kier molecular flexibility index (Phi) is 3.75. The van der Waals surface area contributed by atoms with Crippen molar-refractivity contribution >= 4 is 16.9 Å². The minimum Gasteiger partial charge on any atom is -0.497 e. The molecule has 0 saturated heterocycles. The van der Waals surface area contributed by atoms with Crippen molar-refractivity contribution in [2.45, 2.75) is 0 Å². The largest absolute Gasteiger partial charge is 0.497 e. The van der Waals surface area contributed by atoms with E-state index < -0.39 is 0 Å². The number of nitrogens with one attached hydrogen (secondary N) is 2. The summed E-state index contributed by atoms with van der Waals surface area (Å²) in [7, 11) is 1.62. The zero-order chi connectivity index (χ0) is 18.1. The Balaban J connectivity index is 2.08. The summed E-state index contributed by atoms with van der Waals surface area (Å²) in [5.74, 6) is 1.03. The normalized spacial score (nSPS) is 10.6. The zero-order valence-corrected chi connectivity index (χ0v) is 14.1. The first-order chi connectivity index (χ1) is 12.7. The van der Waals surface area contributed by atoms with Gasteiger partial charge in [-0.1, -0.05) is 42.5 Å². The second-order valence-corrected chi connectivity index (χ2v) is 5.82. The van der Waals surface area contributed by atoms with E-state index in [1.54, 1.807) is 7.11 Å². The number of H-pyrrole nitrogens is 2. The summed E-state index contributed by atoms with van der Waals surface area (Å²) in [5, 5.41) is 18.0. The van der Waals surface area contributed by atoms with E-state index in [1.165, 1.54) is 0 Å². The lowest BCUT2D eigenvalue weighted by Crippen LogP contribution is -2.14. The number of methoxy groups -OCH3 is 1. The van der Waals surface area contributed by atoms with Crippen LogP contribution in [0.25, 0.3) is 33.4 Å². The van der Waals surface area contributed by atoms with Crippen LogP contribution in [0.3, 0.4) is 0 Å². The van der Waals surface area contributed by atoms with Crippen molar-refractivity contribution in [2.75, 3.05) is 12.8 Å². The molecule has 0 aliphatic rings. The number of nitrogens with zero attached hydrogens (tertiary/aromatic N) is 2. The Morgan fingerprint density at radius 2 is 1.81 bits per heavy atom. The van der Waals surface area contributed by atoms with Gasteiger partial charge in [0.1, 0.15) is 17.4 Å². The highest BCUT2D eigenvalue weighted by atomic mass is 16.5. The van der Waals surface area contributed by atoms with Crippen LogP contribution in [0.5, 0.6) is 5.75 Å². The van der Waals surface area contributed by atoms with Crippen molar-refractivity contribution in [1.82, 2.24) is 10.2 Å². The van der Waals surface area contributed by atoms with Gasteiger partial charge in [-0.3, -0.25) is 0 Å². The molecule has 126 valence electrons. The number of anilines is 1. The standard InChI is InChI=1S/C20H15N5O/c1-26-14-9-7-12(8-10-14)16-15(11-21)19(22)23-20-17(16)18(24-25-20)13-5-3-2-4-6-13/h2-10H,1H3,(H3,22,23,24,25)/p+1. The molecule has 0 spiro atoms. The van der Waals surface area contributed by atoms with Crippen LogP contribution in [0.2, 0.25) is 0 Å². The summed E-state index contributed by atoms with van der Waals surface area (Å²) in [6, 6.07) is 19.6. The topological polar surface area (TPSA) is 102 Å².